The zero-order valence-electron chi connectivity index (χ0n) is 23.7. The molecule has 2 aromatic carbocycles. The number of ether oxygens (including phenoxy) is 7. The Hall–Kier alpha value is -4.12. The van der Waals surface area contributed by atoms with E-state index < -0.39 is 35.7 Å². The Balaban J connectivity index is 2.22. The molecule has 0 aromatic heterocycles. The van der Waals surface area contributed by atoms with E-state index in [9.17, 15) is 19.8 Å². The minimum Gasteiger partial charge on any atom is -0.504 e. The van der Waals surface area contributed by atoms with Crippen LogP contribution in [0.3, 0.4) is 0 Å². The van der Waals surface area contributed by atoms with Gasteiger partial charge in [-0.1, -0.05) is 13.0 Å². The first-order valence-corrected chi connectivity index (χ1v) is 12.6. The van der Waals surface area contributed by atoms with Crippen molar-refractivity contribution in [3.05, 3.63) is 34.9 Å². The second-order valence-electron chi connectivity index (χ2n) is 9.83. The summed E-state index contributed by atoms with van der Waals surface area (Å²) < 4.78 is 39.9. The first kappa shape index (κ1) is 28.9. The van der Waals surface area contributed by atoms with Gasteiger partial charge in [-0.2, -0.15) is 0 Å². The first-order valence-electron chi connectivity index (χ1n) is 12.6. The fourth-order valence-corrected chi connectivity index (χ4v) is 5.15. The van der Waals surface area contributed by atoms with Gasteiger partial charge in [-0.25, -0.2) is 4.79 Å². The first-order chi connectivity index (χ1) is 18.9. The molecule has 11 nitrogen and oxygen atoms in total. The summed E-state index contributed by atoms with van der Waals surface area (Å²) in [4.78, 5) is 25.5. The van der Waals surface area contributed by atoms with E-state index in [1.54, 1.807) is 39.0 Å². The van der Waals surface area contributed by atoms with E-state index in [1.807, 2.05) is 0 Å². The second-order valence-corrected chi connectivity index (χ2v) is 9.83. The molecule has 1 aliphatic carbocycles. The molecule has 2 aromatic rings. The third-order valence-electron chi connectivity index (χ3n) is 7.55. The molecule has 1 heterocycles. The number of fused-ring (bicyclic) bond motifs is 4. The van der Waals surface area contributed by atoms with Gasteiger partial charge in [-0.3, -0.25) is 4.79 Å². The topological polar surface area (TPSA) is 139 Å². The Morgan fingerprint density at radius 1 is 1.00 bits per heavy atom. The van der Waals surface area contributed by atoms with Crippen LogP contribution in [0.2, 0.25) is 0 Å². The Kier molecular flexibility index (Phi) is 7.80. The predicted octanol–water partition coefficient (Wildman–Crippen LogP) is 4.37. The molecule has 0 radical (unpaired) electrons. The Morgan fingerprint density at radius 2 is 1.68 bits per heavy atom. The molecule has 0 saturated heterocycles. The molecule has 1 aliphatic heterocycles. The number of methoxy groups -OCH3 is 3. The summed E-state index contributed by atoms with van der Waals surface area (Å²) >= 11 is 0. The average molecular weight is 559 g/mol. The van der Waals surface area contributed by atoms with Crippen molar-refractivity contribution in [3.63, 3.8) is 0 Å². The van der Waals surface area contributed by atoms with Crippen molar-refractivity contribution in [1.82, 2.24) is 0 Å². The highest BCUT2D eigenvalue weighted by Gasteiger charge is 2.51. The standard InChI is InChI=1S/C29H34O11/c1-9-13(2)28(32)40-27-17-11-18(34-6)25(35-7)26(36-8)21(17)20-16(10-19-24(22(20)31)38-12-37-19)23(39-15(4)30)14(3)29(27,5)33/h9-11,14,23,27,31,33H,12H2,1-8H3/b13-9+/t14-,23-,27-,29+/m0/s1. The minimum atomic E-state index is -1.84. The van der Waals surface area contributed by atoms with E-state index in [0.717, 1.165) is 0 Å². The minimum absolute atomic E-state index is 0.0707. The normalized spacial score (nSPS) is 23.2. The smallest absolute Gasteiger partial charge is 0.334 e. The molecule has 0 amide bonds. The monoisotopic (exact) mass is 558 g/mol. The van der Waals surface area contributed by atoms with Gasteiger partial charge < -0.3 is 43.4 Å². The number of phenolic OH excluding ortho intramolecular Hbond substituents is 1. The molecule has 4 atom stereocenters. The van der Waals surface area contributed by atoms with Gasteiger partial charge >= 0.3 is 11.9 Å². The second kappa shape index (κ2) is 10.8. The number of benzene rings is 2. The number of esters is 2. The summed E-state index contributed by atoms with van der Waals surface area (Å²) in [5, 5.41) is 23.8. The van der Waals surface area contributed by atoms with Crippen LogP contribution in [0, 0.1) is 5.92 Å². The number of carbonyl (C=O) groups is 2. The maximum atomic E-state index is 13.1. The third kappa shape index (κ3) is 4.53. The molecule has 2 N–H and O–H groups in total. The summed E-state index contributed by atoms with van der Waals surface area (Å²) in [6, 6.07) is 3.15. The number of hydrogen-bond acceptors (Lipinski definition) is 11. The van der Waals surface area contributed by atoms with Gasteiger partial charge in [0.2, 0.25) is 18.3 Å². The summed E-state index contributed by atoms with van der Waals surface area (Å²) in [5.74, 6) is -1.70. The van der Waals surface area contributed by atoms with E-state index >= 15 is 0 Å². The number of aliphatic hydroxyl groups is 1. The van der Waals surface area contributed by atoms with Crippen LogP contribution >= 0.6 is 0 Å². The van der Waals surface area contributed by atoms with E-state index in [2.05, 4.69) is 0 Å². The van der Waals surface area contributed by atoms with E-state index in [4.69, 9.17) is 33.2 Å². The molecule has 216 valence electrons. The Bertz CT molecular complexity index is 1380. The summed E-state index contributed by atoms with van der Waals surface area (Å²) in [6.45, 7) is 7.52. The molecule has 0 unspecified atom stereocenters. The van der Waals surface area contributed by atoms with Gasteiger partial charge in [0.1, 0.15) is 11.7 Å². The van der Waals surface area contributed by atoms with Gasteiger partial charge in [0.15, 0.2) is 29.1 Å². The largest absolute Gasteiger partial charge is 0.504 e. The molecule has 0 bridgehead atoms. The van der Waals surface area contributed by atoms with E-state index in [0.29, 0.717) is 11.1 Å². The maximum Gasteiger partial charge on any atom is 0.334 e. The molecule has 4 rings (SSSR count). The molecule has 40 heavy (non-hydrogen) atoms. The van der Waals surface area contributed by atoms with E-state index in [-0.39, 0.29) is 58.0 Å². The van der Waals surface area contributed by atoms with Crippen LogP contribution in [0.5, 0.6) is 34.5 Å². The maximum absolute atomic E-state index is 13.1. The summed E-state index contributed by atoms with van der Waals surface area (Å²) in [6.07, 6.45) is -0.898. The molecule has 0 fully saturated rings. The van der Waals surface area contributed by atoms with Crippen molar-refractivity contribution < 1.29 is 53.0 Å². The van der Waals surface area contributed by atoms with Crippen LogP contribution < -0.4 is 23.7 Å². The number of aromatic hydroxyl groups is 1. The average Bonchev–Trinajstić information content (AvgIpc) is 3.41. The van der Waals surface area contributed by atoms with Crippen molar-refractivity contribution in [2.75, 3.05) is 28.1 Å². The van der Waals surface area contributed by atoms with Crippen molar-refractivity contribution in [2.24, 2.45) is 5.92 Å². The van der Waals surface area contributed by atoms with Crippen LogP contribution in [0.15, 0.2) is 23.8 Å². The van der Waals surface area contributed by atoms with Crippen LogP contribution in [0.4, 0.5) is 0 Å². The van der Waals surface area contributed by atoms with Crippen LogP contribution in [0.25, 0.3) is 11.1 Å². The van der Waals surface area contributed by atoms with Crippen molar-refractivity contribution in [1.29, 1.82) is 0 Å². The highest BCUT2D eigenvalue weighted by atomic mass is 16.7. The van der Waals surface area contributed by atoms with Crippen LogP contribution in [0.1, 0.15) is 58.0 Å². The van der Waals surface area contributed by atoms with Crippen LogP contribution in [-0.4, -0.2) is 55.9 Å². The van der Waals surface area contributed by atoms with Gasteiger partial charge in [-0.15, -0.1) is 0 Å². The molecule has 2 aliphatic rings. The van der Waals surface area contributed by atoms with Gasteiger partial charge in [0, 0.05) is 40.7 Å². The van der Waals surface area contributed by atoms with Gasteiger partial charge in [0.05, 0.1) is 21.3 Å². The lowest BCUT2D eigenvalue weighted by Gasteiger charge is -2.43. The zero-order chi connectivity index (χ0) is 29.5. The van der Waals surface area contributed by atoms with Crippen molar-refractivity contribution in [3.8, 4) is 45.6 Å². The molecular formula is C29H34O11. The molecular weight excluding hydrogens is 524 g/mol. The number of phenols is 1. The fourth-order valence-electron chi connectivity index (χ4n) is 5.15. The molecule has 11 heteroatoms. The molecule has 0 saturated carbocycles. The highest BCUT2D eigenvalue weighted by molar-refractivity contribution is 5.91. The lowest BCUT2D eigenvalue weighted by Crippen LogP contribution is -2.46. The Labute approximate surface area is 232 Å². The Morgan fingerprint density at radius 3 is 2.25 bits per heavy atom. The number of rotatable bonds is 6. The third-order valence-corrected chi connectivity index (χ3v) is 7.55. The van der Waals surface area contributed by atoms with Gasteiger partial charge in [0.25, 0.3) is 0 Å². The van der Waals surface area contributed by atoms with Crippen molar-refractivity contribution >= 4 is 11.9 Å². The zero-order valence-corrected chi connectivity index (χ0v) is 23.7. The van der Waals surface area contributed by atoms with Crippen LogP contribution in [-0.2, 0) is 19.1 Å². The summed E-state index contributed by atoms with van der Waals surface area (Å²) in [7, 11) is 4.25. The quantitative estimate of drug-likeness (QED) is 0.386. The lowest BCUT2D eigenvalue weighted by atomic mass is 9.71. The number of allylic oxidation sites excluding steroid dienone is 1. The number of hydrogen-bond donors (Lipinski definition) is 2. The van der Waals surface area contributed by atoms with E-state index in [1.165, 1.54) is 35.2 Å². The summed E-state index contributed by atoms with van der Waals surface area (Å²) in [5.41, 5.74) is -0.596. The lowest BCUT2D eigenvalue weighted by molar-refractivity contribution is -0.182. The SMILES string of the molecule is C/C=C(\C)C(=O)O[C@H]1c2cc(OC)c(OC)c(OC)c2-c2c(cc3c(c2O)OCO3)[C@@H](OC(C)=O)[C@H](C)[C@@]1(C)O. The predicted molar refractivity (Wildman–Crippen MR) is 142 cm³/mol. The fraction of sp³-hybridized carbons (Fsp3) is 0.448. The highest BCUT2D eigenvalue weighted by Crippen LogP contribution is 2.61. The number of carbonyl (C=O) groups excluding carboxylic acids is 2. The van der Waals surface area contributed by atoms with Gasteiger partial charge in [-0.05, 0) is 32.9 Å². The van der Waals surface area contributed by atoms with Crippen molar-refractivity contribution in [2.45, 2.75) is 52.4 Å². The molecule has 0 spiro atoms.